The van der Waals surface area contributed by atoms with E-state index in [-0.39, 0.29) is 0 Å². The van der Waals surface area contributed by atoms with E-state index in [1.807, 2.05) is 29.8 Å². The van der Waals surface area contributed by atoms with Crippen LogP contribution >= 0.6 is 11.3 Å². The Morgan fingerprint density at radius 2 is 2.24 bits per heavy atom. The molecule has 3 heterocycles. The molecule has 21 heavy (non-hydrogen) atoms. The van der Waals surface area contributed by atoms with Crippen LogP contribution in [-0.2, 0) is 0 Å². The summed E-state index contributed by atoms with van der Waals surface area (Å²) in [6, 6.07) is 8.60. The minimum absolute atomic E-state index is 0.504. The predicted molar refractivity (Wildman–Crippen MR) is 86.9 cm³/mol. The van der Waals surface area contributed by atoms with Crippen LogP contribution in [0.1, 0.15) is 6.92 Å². The van der Waals surface area contributed by atoms with Crippen molar-refractivity contribution in [2.75, 3.05) is 24.5 Å². The van der Waals surface area contributed by atoms with Gasteiger partial charge in [-0.05, 0) is 19.1 Å². The fraction of sp³-hybridized carbons (Fsp3) is 0.333. The van der Waals surface area contributed by atoms with Gasteiger partial charge in [-0.15, -0.1) is 11.3 Å². The molecule has 1 unspecified atom stereocenters. The summed E-state index contributed by atoms with van der Waals surface area (Å²) in [6.07, 6.45) is 0. The molecule has 0 saturated carbocycles. The molecule has 1 aliphatic heterocycles. The van der Waals surface area contributed by atoms with E-state index in [0.29, 0.717) is 6.04 Å². The van der Waals surface area contributed by atoms with E-state index in [9.17, 15) is 0 Å². The molecule has 1 fully saturated rings. The van der Waals surface area contributed by atoms with E-state index < -0.39 is 0 Å². The van der Waals surface area contributed by atoms with Crippen molar-refractivity contribution in [3.05, 3.63) is 29.8 Å². The van der Waals surface area contributed by atoms with Crippen molar-refractivity contribution >= 4 is 27.4 Å². The molecule has 0 bridgehead atoms. The van der Waals surface area contributed by atoms with Gasteiger partial charge in [-0.3, -0.25) is 0 Å². The number of benzene rings is 1. The number of hydrogen-bond acceptors (Lipinski definition) is 5. The van der Waals surface area contributed by atoms with Crippen LogP contribution in [0.15, 0.2) is 29.8 Å². The fourth-order valence-electron chi connectivity index (χ4n) is 2.81. The highest BCUT2D eigenvalue weighted by Gasteiger charge is 2.22. The van der Waals surface area contributed by atoms with Crippen LogP contribution in [0, 0.1) is 0 Å². The SMILES string of the molecule is CC1CN(c2scnc2-c2nc3ccccc3[nH]2)CCN1. The van der Waals surface area contributed by atoms with Gasteiger partial charge >= 0.3 is 0 Å². The van der Waals surface area contributed by atoms with Gasteiger partial charge in [0.05, 0.1) is 16.5 Å². The van der Waals surface area contributed by atoms with Crippen LogP contribution in [-0.4, -0.2) is 40.6 Å². The smallest absolute Gasteiger partial charge is 0.160 e. The Hall–Kier alpha value is -1.92. The average Bonchev–Trinajstić information content (AvgIpc) is 3.13. The van der Waals surface area contributed by atoms with Crippen LogP contribution in [0.2, 0.25) is 0 Å². The second-order valence-corrected chi connectivity index (χ2v) is 6.24. The second-order valence-electron chi connectivity index (χ2n) is 5.41. The largest absolute Gasteiger partial charge is 0.359 e. The molecule has 108 valence electrons. The molecule has 0 amide bonds. The van der Waals surface area contributed by atoms with Crippen molar-refractivity contribution < 1.29 is 0 Å². The first-order valence-corrected chi connectivity index (χ1v) is 8.06. The van der Waals surface area contributed by atoms with Crippen LogP contribution in [0.4, 0.5) is 5.00 Å². The van der Waals surface area contributed by atoms with Gasteiger partial charge in [0, 0.05) is 25.7 Å². The molecule has 0 radical (unpaired) electrons. The number of H-pyrrole nitrogens is 1. The maximum Gasteiger partial charge on any atom is 0.160 e. The Kier molecular flexibility index (Phi) is 3.12. The van der Waals surface area contributed by atoms with Crippen LogP contribution < -0.4 is 10.2 Å². The first-order valence-electron chi connectivity index (χ1n) is 7.18. The van der Waals surface area contributed by atoms with E-state index >= 15 is 0 Å². The molecule has 2 aromatic heterocycles. The van der Waals surface area contributed by atoms with Gasteiger partial charge in [0.1, 0.15) is 10.7 Å². The first-order chi connectivity index (χ1) is 10.3. The van der Waals surface area contributed by atoms with Gasteiger partial charge in [-0.1, -0.05) is 12.1 Å². The standard InChI is InChI=1S/C15H17N5S/c1-10-8-20(7-6-16-10)15-13(17-9-21-15)14-18-11-4-2-3-5-12(11)19-14/h2-5,9-10,16H,6-8H2,1H3,(H,18,19). The van der Waals surface area contributed by atoms with E-state index in [0.717, 1.165) is 42.2 Å². The van der Waals surface area contributed by atoms with E-state index in [1.165, 1.54) is 5.00 Å². The summed E-state index contributed by atoms with van der Waals surface area (Å²) in [4.78, 5) is 15.0. The molecule has 1 aromatic carbocycles. The summed E-state index contributed by atoms with van der Waals surface area (Å²) in [5, 5.41) is 4.68. The quantitative estimate of drug-likeness (QED) is 0.763. The van der Waals surface area contributed by atoms with Gasteiger partial charge in [-0.2, -0.15) is 0 Å². The van der Waals surface area contributed by atoms with Gasteiger partial charge in [-0.25, -0.2) is 9.97 Å². The lowest BCUT2D eigenvalue weighted by molar-refractivity contribution is 0.486. The van der Waals surface area contributed by atoms with Gasteiger partial charge in [0.25, 0.3) is 0 Å². The molecule has 4 rings (SSSR count). The molecular formula is C15H17N5S. The lowest BCUT2D eigenvalue weighted by atomic mass is 10.2. The van der Waals surface area contributed by atoms with Gasteiger partial charge in [0.15, 0.2) is 5.82 Å². The monoisotopic (exact) mass is 299 g/mol. The van der Waals surface area contributed by atoms with Crippen molar-refractivity contribution in [3.8, 4) is 11.5 Å². The summed E-state index contributed by atoms with van der Waals surface area (Å²) < 4.78 is 0. The van der Waals surface area contributed by atoms with Crippen LogP contribution in [0.5, 0.6) is 0 Å². The zero-order chi connectivity index (χ0) is 14.2. The highest BCUT2D eigenvalue weighted by molar-refractivity contribution is 7.14. The van der Waals surface area contributed by atoms with Crippen molar-refractivity contribution in [3.63, 3.8) is 0 Å². The van der Waals surface area contributed by atoms with Crippen molar-refractivity contribution in [2.45, 2.75) is 13.0 Å². The molecule has 0 spiro atoms. The Balaban J connectivity index is 1.74. The summed E-state index contributed by atoms with van der Waals surface area (Å²) in [5.74, 6) is 0.860. The molecule has 3 aromatic rings. The minimum Gasteiger partial charge on any atom is -0.359 e. The molecule has 1 atom stereocenters. The van der Waals surface area contributed by atoms with Crippen molar-refractivity contribution in [1.82, 2.24) is 20.3 Å². The highest BCUT2D eigenvalue weighted by Crippen LogP contribution is 2.33. The predicted octanol–water partition coefficient (Wildman–Crippen LogP) is 2.48. The minimum atomic E-state index is 0.504. The van der Waals surface area contributed by atoms with Crippen molar-refractivity contribution in [1.29, 1.82) is 0 Å². The molecule has 0 aliphatic carbocycles. The maximum atomic E-state index is 4.68. The Bertz CT molecular complexity index is 729. The fourth-order valence-corrected chi connectivity index (χ4v) is 3.64. The third kappa shape index (κ3) is 2.30. The lowest BCUT2D eigenvalue weighted by Gasteiger charge is -2.32. The molecular weight excluding hydrogens is 282 g/mol. The molecule has 1 aliphatic rings. The number of hydrogen-bond donors (Lipinski definition) is 2. The van der Waals surface area contributed by atoms with E-state index in [1.54, 1.807) is 11.3 Å². The van der Waals surface area contributed by atoms with E-state index in [4.69, 9.17) is 0 Å². The summed E-state index contributed by atoms with van der Waals surface area (Å²) >= 11 is 1.69. The summed E-state index contributed by atoms with van der Waals surface area (Å²) in [5.41, 5.74) is 4.91. The number of rotatable bonds is 2. The first kappa shape index (κ1) is 12.8. The third-order valence-electron chi connectivity index (χ3n) is 3.82. The normalized spacial score (nSPS) is 19.3. The number of anilines is 1. The number of piperazine rings is 1. The van der Waals surface area contributed by atoms with Gasteiger partial charge in [0.2, 0.25) is 0 Å². The maximum absolute atomic E-state index is 4.68. The Morgan fingerprint density at radius 3 is 3.10 bits per heavy atom. The van der Waals surface area contributed by atoms with Gasteiger partial charge < -0.3 is 15.2 Å². The molecule has 5 nitrogen and oxygen atoms in total. The number of nitrogens with zero attached hydrogens (tertiary/aromatic N) is 3. The van der Waals surface area contributed by atoms with E-state index in [2.05, 4.69) is 32.1 Å². The lowest BCUT2D eigenvalue weighted by Crippen LogP contribution is -2.49. The Morgan fingerprint density at radius 1 is 1.33 bits per heavy atom. The van der Waals surface area contributed by atoms with Crippen molar-refractivity contribution in [2.24, 2.45) is 0 Å². The van der Waals surface area contributed by atoms with Crippen LogP contribution in [0.3, 0.4) is 0 Å². The third-order valence-corrected chi connectivity index (χ3v) is 4.70. The summed E-state index contributed by atoms with van der Waals surface area (Å²) in [6.45, 7) is 5.25. The highest BCUT2D eigenvalue weighted by atomic mass is 32.1. The molecule has 2 N–H and O–H groups in total. The summed E-state index contributed by atoms with van der Waals surface area (Å²) in [7, 11) is 0. The Labute approximate surface area is 127 Å². The number of aromatic nitrogens is 3. The number of aromatic amines is 1. The number of para-hydroxylation sites is 2. The molecule has 1 saturated heterocycles. The zero-order valence-corrected chi connectivity index (χ0v) is 12.7. The zero-order valence-electron chi connectivity index (χ0n) is 11.8. The average molecular weight is 299 g/mol. The number of thiazole rings is 1. The topological polar surface area (TPSA) is 56.8 Å². The molecule has 6 heteroatoms. The number of nitrogens with one attached hydrogen (secondary N) is 2. The number of fused-ring (bicyclic) bond motifs is 1. The number of imidazole rings is 1. The second kappa shape index (κ2) is 5.13. The van der Waals surface area contributed by atoms with Crippen LogP contribution in [0.25, 0.3) is 22.6 Å².